The second-order valence-electron chi connectivity index (χ2n) is 12.8. The topological polar surface area (TPSA) is 156 Å². The van der Waals surface area contributed by atoms with Crippen molar-refractivity contribution in [3.63, 3.8) is 0 Å². The fraction of sp³-hybridized carbons (Fsp3) is 0.588. The molecule has 8 aliphatic carbocycles. The molecule has 8 aliphatic rings. The number of carbonyl (C=O) groups is 2. The van der Waals surface area contributed by atoms with Crippen molar-refractivity contribution in [2.24, 2.45) is 47.3 Å². The molecule has 2 fully saturated rings. The number of aliphatic hydroxyl groups excluding tert-OH is 6. The first kappa shape index (κ1) is 31.0. The highest BCUT2D eigenvalue weighted by molar-refractivity contribution is 5.94. The van der Waals surface area contributed by atoms with Gasteiger partial charge in [-0.25, -0.2) is 0 Å². The van der Waals surface area contributed by atoms with Crippen molar-refractivity contribution >= 4 is 11.6 Å². The summed E-state index contributed by atoms with van der Waals surface area (Å²) in [4.78, 5) is 22.0. The Bertz CT molecular complexity index is 1130. The first-order chi connectivity index (χ1) is 20.1. The smallest absolute Gasteiger partial charge is 0.159 e. The molecule has 0 aromatic heterocycles. The van der Waals surface area contributed by atoms with Crippen LogP contribution in [-0.2, 0) is 9.59 Å². The molecule has 0 saturated heterocycles. The minimum absolute atomic E-state index is 0.0787. The molecule has 0 radical (unpaired) electrons. The van der Waals surface area contributed by atoms with E-state index in [1.165, 1.54) is 12.2 Å². The third-order valence-electron chi connectivity index (χ3n) is 10.1. The van der Waals surface area contributed by atoms with Crippen LogP contribution in [0.15, 0.2) is 72.9 Å². The van der Waals surface area contributed by atoms with Crippen LogP contribution in [0.2, 0.25) is 0 Å². The Balaban J connectivity index is 0.000000115. The Hall–Kier alpha value is -2.46. The van der Waals surface area contributed by atoms with E-state index in [4.69, 9.17) is 15.3 Å². The van der Waals surface area contributed by atoms with E-state index in [1.807, 2.05) is 0 Å². The van der Waals surface area contributed by atoms with Gasteiger partial charge in [0.25, 0.3) is 0 Å². The van der Waals surface area contributed by atoms with Gasteiger partial charge in [-0.2, -0.15) is 0 Å². The number of aliphatic hydroxyl groups is 6. The molecule has 14 atom stereocenters. The van der Waals surface area contributed by atoms with Gasteiger partial charge in [-0.1, -0.05) is 60.8 Å². The summed E-state index contributed by atoms with van der Waals surface area (Å²) in [6.07, 6.45) is 24.3. The molecule has 4 bridgehead atoms. The van der Waals surface area contributed by atoms with Gasteiger partial charge >= 0.3 is 0 Å². The van der Waals surface area contributed by atoms with Crippen molar-refractivity contribution in [1.29, 1.82) is 0 Å². The van der Waals surface area contributed by atoms with E-state index in [0.29, 0.717) is 49.4 Å². The standard InChI is InChI=1S/C11H14O2.C11H12O2.C6H10O2.C6H8O2/c2*12-8-3-4-9(13)11-7-2-1-6(5-7)10(8)11;2*7-5-1-2-6(8)4-3-5/h1-4,6-13H,5H2;1-4,6-8,10-12H,5H2;1-2,5-8H,3-4H2;1-2,5,7H,3-4H2/t6?,7?,8-,9+,10?,11?;6?,7?,8-,10?,11?;5-,6+;5-/m.0.0/s1. The van der Waals surface area contributed by atoms with E-state index in [-0.39, 0.29) is 65.8 Å². The Kier molecular flexibility index (Phi) is 9.92. The molecular weight excluding hydrogens is 536 g/mol. The Morgan fingerprint density at radius 3 is 1.43 bits per heavy atom. The maximum absolute atomic E-state index is 11.6. The lowest BCUT2D eigenvalue weighted by atomic mass is 9.73. The largest absolute Gasteiger partial charge is 0.389 e. The molecule has 8 heteroatoms. The second kappa shape index (κ2) is 13.5. The molecular formula is C34H44O8. The molecule has 8 nitrogen and oxygen atoms in total. The molecule has 228 valence electrons. The predicted molar refractivity (Wildman–Crippen MR) is 157 cm³/mol. The molecule has 8 rings (SSSR count). The average molecular weight is 581 g/mol. The summed E-state index contributed by atoms with van der Waals surface area (Å²) in [6, 6.07) is 0. The number of ketones is 2. The van der Waals surface area contributed by atoms with Crippen LogP contribution in [0.25, 0.3) is 0 Å². The first-order valence-electron chi connectivity index (χ1n) is 15.4. The lowest BCUT2D eigenvalue weighted by Gasteiger charge is -2.36. The predicted octanol–water partition coefficient (Wildman–Crippen LogP) is 1.97. The van der Waals surface area contributed by atoms with Gasteiger partial charge < -0.3 is 30.6 Å². The van der Waals surface area contributed by atoms with Crippen LogP contribution in [-0.4, -0.2) is 78.8 Å². The monoisotopic (exact) mass is 580 g/mol. The molecule has 0 spiro atoms. The van der Waals surface area contributed by atoms with Crippen LogP contribution in [0, 0.1) is 47.3 Å². The minimum Gasteiger partial charge on any atom is -0.389 e. The molecule has 8 unspecified atom stereocenters. The Morgan fingerprint density at radius 1 is 0.476 bits per heavy atom. The summed E-state index contributed by atoms with van der Waals surface area (Å²) < 4.78 is 0. The quantitative estimate of drug-likeness (QED) is 0.238. The van der Waals surface area contributed by atoms with Crippen molar-refractivity contribution in [2.45, 2.75) is 75.1 Å². The van der Waals surface area contributed by atoms with Crippen molar-refractivity contribution in [2.75, 3.05) is 0 Å². The van der Waals surface area contributed by atoms with Crippen molar-refractivity contribution in [3.8, 4) is 0 Å². The van der Waals surface area contributed by atoms with Crippen molar-refractivity contribution in [1.82, 2.24) is 0 Å². The van der Waals surface area contributed by atoms with Crippen LogP contribution in [0.1, 0.15) is 38.5 Å². The zero-order valence-corrected chi connectivity index (χ0v) is 23.8. The van der Waals surface area contributed by atoms with Crippen LogP contribution in [0.5, 0.6) is 0 Å². The molecule has 0 aromatic rings. The fourth-order valence-electron chi connectivity index (χ4n) is 7.98. The van der Waals surface area contributed by atoms with Crippen LogP contribution in [0.3, 0.4) is 0 Å². The van der Waals surface area contributed by atoms with E-state index < -0.39 is 6.10 Å². The van der Waals surface area contributed by atoms with Gasteiger partial charge in [-0.3, -0.25) is 9.59 Å². The number of hydrogen-bond acceptors (Lipinski definition) is 8. The fourth-order valence-corrected chi connectivity index (χ4v) is 7.98. The molecule has 0 aliphatic heterocycles. The normalized spacial score (nSPS) is 46.2. The lowest BCUT2D eigenvalue weighted by Crippen LogP contribution is -2.39. The number of rotatable bonds is 0. The van der Waals surface area contributed by atoms with E-state index in [1.54, 1.807) is 36.5 Å². The first-order valence-corrected chi connectivity index (χ1v) is 15.4. The molecule has 6 N–H and O–H groups in total. The zero-order valence-electron chi connectivity index (χ0n) is 23.8. The molecule has 0 amide bonds. The molecule has 0 aromatic carbocycles. The summed E-state index contributed by atoms with van der Waals surface area (Å²) in [6.45, 7) is 0. The van der Waals surface area contributed by atoms with E-state index in [0.717, 1.165) is 12.8 Å². The summed E-state index contributed by atoms with van der Waals surface area (Å²) >= 11 is 0. The van der Waals surface area contributed by atoms with Gasteiger partial charge in [0, 0.05) is 30.1 Å². The number of allylic oxidation sites excluding steroid dienone is 6. The summed E-state index contributed by atoms with van der Waals surface area (Å²) in [5.41, 5.74) is 0. The Morgan fingerprint density at radius 2 is 0.952 bits per heavy atom. The lowest BCUT2D eigenvalue weighted by molar-refractivity contribution is -0.122. The van der Waals surface area contributed by atoms with Gasteiger partial charge in [-0.15, -0.1) is 0 Å². The number of fused-ring (bicyclic) bond motifs is 10. The van der Waals surface area contributed by atoms with E-state index in [2.05, 4.69) is 24.3 Å². The van der Waals surface area contributed by atoms with E-state index in [9.17, 15) is 24.9 Å². The van der Waals surface area contributed by atoms with Crippen LogP contribution >= 0.6 is 0 Å². The van der Waals surface area contributed by atoms with Crippen molar-refractivity contribution < 1.29 is 40.2 Å². The average Bonchev–Trinajstić information content (AvgIpc) is 3.79. The number of hydrogen-bond donors (Lipinski definition) is 6. The van der Waals surface area contributed by atoms with Crippen LogP contribution < -0.4 is 0 Å². The third-order valence-corrected chi connectivity index (χ3v) is 10.1. The third kappa shape index (κ3) is 6.85. The summed E-state index contributed by atoms with van der Waals surface area (Å²) in [5, 5.41) is 55.8. The van der Waals surface area contributed by atoms with Gasteiger partial charge in [-0.05, 0) is 67.9 Å². The minimum atomic E-state index is -0.400. The summed E-state index contributed by atoms with van der Waals surface area (Å²) in [5.74, 6) is 2.99. The highest BCUT2D eigenvalue weighted by Gasteiger charge is 2.52. The van der Waals surface area contributed by atoms with Gasteiger partial charge in [0.2, 0.25) is 0 Å². The second-order valence-corrected chi connectivity index (χ2v) is 12.8. The zero-order chi connectivity index (χ0) is 30.0. The van der Waals surface area contributed by atoms with Gasteiger partial charge in [0.05, 0.1) is 36.6 Å². The highest BCUT2D eigenvalue weighted by atomic mass is 16.3. The Labute approximate surface area is 247 Å². The van der Waals surface area contributed by atoms with Gasteiger partial charge in [0.1, 0.15) is 0 Å². The molecule has 2 saturated carbocycles. The van der Waals surface area contributed by atoms with Gasteiger partial charge in [0.15, 0.2) is 11.6 Å². The number of carbonyl (C=O) groups excluding carboxylic acids is 2. The maximum atomic E-state index is 11.6. The van der Waals surface area contributed by atoms with Crippen LogP contribution in [0.4, 0.5) is 0 Å². The SMILES string of the molecule is O=C1C=C[C@H](O)C2C3C=CC(C3)C12.O=C1C=C[C@H](O)CC1.O[C@@H]1C=C[C@H](O)C2C3C=CC(C3)C21.O[C@@H]1C=C[C@H](O)CC1. The molecule has 42 heavy (non-hydrogen) atoms. The van der Waals surface area contributed by atoms with E-state index >= 15 is 0 Å². The summed E-state index contributed by atoms with van der Waals surface area (Å²) in [7, 11) is 0. The molecule has 0 heterocycles. The highest BCUT2D eigenvalue weighted by Crippen LogP contribution is 2.53. The maximum Gasteiger partial charge on any atom is 0.159 e. The van der Waals surface area contributed by atoms with Crippen molar-refractivity contribution in [3.05, 3.63) is 72.9 Å².